The second-order valence-electron chi connectivity index (χ2n) is 8.86. The van der Waals surface area contributed by atoms with Gasteiger partial charge in [0.2, 0.25) is 5.91 Å². The Bertz CT molecular complexity index is 1690. The molecule has 5 rings (SSSR count). The predicted octanol–water partition coefficient (Wildman–Crippen LogP) is 8.22. The lowest BCUT2D eigenvalue weighted by atomic mass is 9.99. The van der Waals surface area contributed by atoms with Crippen LogP contribution in [0.5, 0.6) is 5.75 Å². The molecule has 0 aliphatic carbocycles. The van der Waals surface area contributed by atoms with Crippen LogP contribution >= 0.6 is 23.4 Å². The van der Waals surface area contributed by atoms with E-state index in [0.717, 1.165) is 38.9 Å². The highest BCUT2D eigenvalue weighted by Crippen LogP contribution is 2.37. The average molecular weight is 550 g/mol. The number of carbonyl (C=O) groups is 1. The summed E-state index contributed by atoms with van der Waals surface area (Å²) >= 11 is 7.39. The van der Waals surface area contributed by atoms with E-state index >= 15 is 0 Å². The molecule has 1 amide bonds. The lowest BCUT2D eigenvalue weighted by Crippen LogP contribution is -2.22. The maximum atomic E-state index is 13.3. The Hall–Kier alpha value is -4.31. The SMILES string of the molecule is COc1ccc(-c2cc(-c3ccc(Cl)cc3)c(C#N)c(S[C@H](C)C(=O)Nc3cccc4ccccc34)n2)cc1. The van der Waals surface area contributed by atoms with Crippen LogP contribution in [0.15, 0.2) is 102 Å². The first-order valence-corrected chi connectivity index (χ1v) is 13.5. The zero-order chi connectivity index (χ0) is 27.4. The molecule has 1 atom stereocenters. The molecule has 39 heavy (non-hydrogen) atoms. The largest absolute Gasteiger partial charge is 0.497 e. The van der Waals surface area contributed by atoms with Gasteiger partial charge in [0.1, 0.15) is 16.8 Å². The van der Waals surface area contributed by atoms with Crippen molar-refractivity contribution in [3.63, 3.8) is 0 Å². The van der Waals surface area contributed by atoms with Crippen molar-refractivity contribution in [1.29, 1.82) is 5.26 Å². The first-order chi connectivity index (χ1) is 19.0. The van der Waals surface area contributed by atoms with Crippen molar-refractivity contribution in [2.45, 2.75) is 17.2 Å². The molecule has 192 valence electrons. The Morgan fingerprint density at radius 2 is 1.67 bits per heavy atom. The number of thioether (sulfide) groups is 1. The number of rotatable bonds is 7. The molecule has 1 heterocycles. The molecule has 4 aromatic carbocycles. The van der Waals surface area contributed by atoms with Crippen molar-refractivity contribution < 1.29 is 9.53 Å². The van der Waals surface area contributed by atoms with Gasteiger partial charge in [0, 0.05) is 27.2 Å². The van der Waals surface area contributed by atoms with Crippen LogP contribution in [0.2, 0.25) is 5.02 Å². The van der Waals surface area contributed by atoms with Crippen molar-refractivity contribution in [1.82, 2.24) is 4.98 Å². The van der Waals surface area contributed by atoms with Gasteiger partial charge < -0.3 is 10.1 Å². The molecular formula is C32H24ClN3O2S. The lowest BCUT2D eigenvalue weighted by molar-refractivity contribution is -0.115. The van der Waals surface area contributed by atoms with E-state index in [2.05, 4.69) is 11.4 Å². The summed E-state index contributed by atoms with van der Waals surface area (Å²) in [6.07, 6.45) is 0. The van der Waals surface area contributed by atoms with E-state index in [1.165, 1.54) is 11.8 Å². The summed E-state index contributed by atoms with van der Waals surface area (Å²) in [5.41, 5.74) is 4.26. The minimum Gasteiger partial charge on any atom is -0.497 e. The molecule has 1 N–H and O–H groups in total. The number of nitriles is 1. The van der Waals surface area contributed by atoms with Crippen LogP contribution in [-0.2, 0) is 4.79 Å². The number of hydrogen-bond acceptors (Lipinski definition) is 5. The first kappa shape index (κ1) is 26.3. The fourth-order valence-corrected chi connectivity index (χ4v) is 5.32. The number of ether oxygens (including phenoxy) is 1. The summed E-state index contributed by atoms with van der Waals surface area (Å²) in [4.78, 5) is 18.2. The molecule has 0 aliphatic heterocycles. The zero-order valence-electron chi connectivity index (χ0n) is 21.3. The number of pyridine rings is 1. The van der Waals surface area contributed by atoms with Crippen LogP contribution in [0, 0.1) is 11.3 Å². The number of benzene rings is 4. The van der Waals surface area contributed by atoms with E-state index in [-0.39, 0.29) is 5.91 Å². The molecule has 5 aromatic rings. The van der Waals surface area contributed by atoms with E-state index in [9.17, 15) is 10.1 Å². The second-order valence-corrected chi connectivity index (χ2v) is 10.6. The fourth-order valence-electron chi connectivity index (χ4n) is 4.27. The molecule has 0 radical (unpaired) electrons. The molecule has 0 bridgehead atoms. The number of methoxy groups -OCH3 is 1. The minimum atomic E-state index is -0.521. The number of nitrogens with zero attached hydrogens (tertiary/aromatic N) is 2. The third-order valence-electron chi connectivity index (χ3n) is 6.34. The third-order valence-corrected chi connectivity index (χ3v) is 7.68. The number of halogens is 1. The van der Waals surface area contributed by atoms with Crippen LogP contribution in [0.25, 0.3) is 33.2 Å². The predicted molar refractivity (Wildman–Crippen MR) is 159 cm³/mol. The highest BCUT2D eigenvalue weighted by atomic mass is 35.5. The van der Waals surface area contributed by atoms with Crippen LogP contribution in [-0.4, -0.2) is 23.3 Å². The monoisotopic (exact) mass is 549 g/mol. The highest BCUT2D eigenvalue weighted by Gasteiger charge is 2.22. The van der Waals surface area contributed by atoms with Crippen LogP contribution < -0.4 is 10.1 Å². The van der Waals surface area contributed by atoms with Crippen LogP contribution in [0.4, 0.5) is 5.69 Å². The van der Waals surface area contributed by atoms with Crippen LogP contribution in [0.1, 0.15) is 12.5 Å². The topological polar surface area (TPSA) is 75.0 Å². The summed E-state index contributed by atoms with van der Waals surface area (Å²) in [5.74, 6) is 0.559. The Morgan fingerprint density at radius 3 is 2.38 bits per heavy atom. The van der Waals surface area contributed by atoms with Gasteiger partial charge in [-0.15, -0.1) is 0 Å². The molecule has 0 spiro atoms. The Balaban J connectivity index is 1.52. The zero-order valence-corrected chi connectivity index (χ0v) is 22.9. The van der Waals surface area contributed by atoms with Crippen molar-refractivity contribution in [3.8, 4) is 34.2 Å². The van der Waals surface area contributed by atoms with E-state index in [1.807, 2.05) is 91.9 Å². The highest BCUT2D eigenvalue weighted by molar-refractivity contribution is 8.00. The molecule has 0 saturated heterocycles. The van der Waals surface area contributed by atoms with Gasteiger partial charge in [0.25, 0.3) is 0 Å². The normalized spacial score (nSPS) is 11.5. The van der Waals surface area contributed by atoms with E-state index < -0.39 is 5.25 Å². The number of nitrogens with one attached hydrogen (secondary N) is 1. The summed E-state index contributed by atoms with van der Waals surface area (Å²) in [7, 11) is 1.62. The third kappa shape index (κ3) is 5.75. The van der Waals surface area contributed by atoms with E-state index in [4.69, 9.17) is 21.3 Å². The number of fused-ring (bicyclic) bond motifs is 1. The smallest absolute Gasteiger partial charge is 0.237 e. The minimum absolute atomic E-state index is 0.176. The maximum absolute atomic E-state index is 13.3. The van der Waals surface area contributed by atoms with Gasteiger partial charge in [0.15, 0.2) is 0 Å². The number of hydrogen-bond donors (Lipinski definition) is 1. The Labute approximate surface area is 236 Å². The summed E-state index contributed by atoms with van der Waals surface area (Å²) in [6, 6.07) is 32.8. The second kappa shape index (κ2) is 11.6. The molecule has 0 aliphatic rings. The molecule has 1 aromatic heterocycles. The van der Waals surface area contributed by atoms with Gasteiger partial charge in [0.05, 0.1) is 23.6 Å². The first-order valence-electron chi connectivity index (χ1n) is 12.3. The molecule has 7 heteroatoms. The van der Waals surface area contributed by atoms with Gasteiger partial charge in [-0.05, 0) is 66.4 Å². The average Bonchev–Trinajstić information content (AvgIpc) is 2.97. The van der Waals surface area contributed by atoms with Gasteiger partial charge in [-0.1, -0.05) is 71.9 Å². The maximum Gasteiger partial charge on any atom is 0.237 e. The molecular weight excluding hydrogens is 526 g/mol. The number of anilines is 1. The van der Waals surface area contributed by atoms with Gasteiger partial charge >= 0.3 is 0 Å². The molecule has 5 nitrogen and oxygen atoms in total. The number of aromatic nitrogens is 1. The molecule has 0 fully saturated rings. The fraction of sp³-hybridized carbons (Fsp3) is 0.0938. The van der Waals surface area contributed by atoms with Crippen molar-refractivity contribution in [2.24, 2.45) is 0 Å². The quantitative estimate of drug-likeness (QED) is 0.207. The van der Waals surface area contributed by atoms with Crippen molar-refractivity contribution in [3.05, 3.63) is 108 Å². The summed E-state index contributed by atoms with van der Waals surface area (Å²) < 4.78 is 5.30. The standard InChI is InChI=1S/C32H24ClN3O2S/c1-20(31(37)35-29-9-5-7-21-6-3-4-8-26(21)29)39-32-28(19-34)27(22-10-14-24(33)15-11-22)18-30(36-32)23-12-16-25(38-2)17-13-23/h3-18,20H,1-2H3,(H,35,37)/t20-/m1/s1. The van der Waals surface area contributed by atoms with Gasteiger partial charge in [-0.3, -0.25) is 4.79 Å². The summed E-state index contributed by atoms with van der Waals surface area (Å²) in [5, 5.41) is 15.8. The van der Waals surface area contributed by atoms with E-state index in [1.54, 1.807) is 19.2 Å². The molecule has 0 unspecified atom stereocenters. The number of carbonyl (C=O) groups excluding carboxylic acids is 1. The summed E-state index contributed by atoms with van der Waals surface area (Å²) in [6.45, 7) is 1.82. The lowest BCUT2D eigenvalue weighted by Gasteiger charge is -2.16. The number of amides is 1. The Kier molecular flexibility index (Phi) is 7.83. The van der Waals surface area contributed by atoms with Crippen molar-refractivity contribution >= 4 is 45.7 Å². The van der Waals surface area contributed by atoms with Gasteiger partial charge in [-0.25, -0.2) is 4.98 Å². The van der Waals surface area contributed by atoms with E-state index in [0.29, 0.717) is 21.3 Å². The van der Waals surface area contributed by atoms with Crippen molar-refractivity contribution in [2.75, 3.05) is 12.4 Å². The van der Waals surface area contributed by atoms with Gasteiger partial charge in [-0.2, -0.15) is 5.26 Å². The Morgan fingerprint density at radius 1 is 0.974 bits per heavy atom. The molecule has 0 saturated carbocycles. The van der Waals surface area contributed by atoms with Crippen LogP contribution in [0.3, 0.4) is 0 Å².